The van der Waals surface area contributed by atoms with Gasteiger partial charge in [0.15, 0.2) is 0 Å². The maximum Gasteiger partial charge on any atom is 0.266 e. The minimum atomic E-state index is -0.346. The molecule has 2 aromatic carbocycles. The topological polar surface area (TPSA) is 72.4 Å². The van der Waals surface area contributed by atoms with Crippen molar-refractivity contribution in [2.75, 3.05) is 0 Å². The first kappa shape index (κ1) is 16.6. The molecule has 128 valence electrons. The van der Waals surface area contributed by atoms with E-state index in [1.807, 2.05) is 32.9 Å². The maximum absolute atomic E-state index is 12.2. The fraction of sp³-hybridized carbons (Fsp3) is 0.143. The highest BCUT2D eigenvalue weighted by Crippen LogP contribution is 2.38. The van der Waals surface area contributed by atoms with Gasteiger partial charge in [0.25, 0.3) is 5.56 Å². The Morgan fingerprint density at radius 1 is 1.04 bits per heavy atom. The Hall–Kier alpha value is -2.84. The smallest absolute Gasteiger partial charge is 0.266 e. The molecule has 0 bridgehead atoms. The highest BCUT2D eigenvalue weighted by atomic mass is 79.9. The molecule has 0 aliphatic heterocycles. The van der Waals surface area contributed by atoms with E-state index in [1.54, 1.807) is 0 Å². The molecule has 0 spiro atoms. The number of fused-ring (bicyclic) bond motifs is 3. The Morgan fingerprint density at radius 3 is 2.54 bits per heavy atom. The summed E-state index contributed by atoms with van der Waals surface area (Å²) in [6, 6.07) is 12.2. The second-order valence-electron chi connectivity index (χ2n) is 6.61. The summed E-state index contributed by atoms with van der Waals surface area (Å²) >= 11 is 3.55. The second-order valence-corrected chi connectivity index (χ2v) is 7.53. The number of pyridine rings is 1. The summed E-state index contributed by atoms with van der Waals surface area (Å²) in [7, 11) is 0. The third-order valence-corrected chi connectivity index (χ3v) is 5.36. The number of aryl methyl sites for hydroxylation is 3. The predicted molar refractivity (Wildman–Crippen MR) is 108 cm³/mol. The van der Waals surface area contributed by atoms with Crippen molar-refractivity contribution >= 4 is 37.7 Å². The van der Waals surface area contributed by atoms with Gasteiger partial charge in [-0.2, -0.15) is 5.26 Å². The summed E-state index contributed by atoms with van der Waals surface area (Å²) in [5, 5.41) is 11.8. The zero-order chi connectivity index (χ0) is 18.6. The van der Waals surface area contributed by atoms with E-state index in [0.29, 0.717) is 5.56 Å². The number of halogens is 1. The standard InChI is InChI=1S/C21H16BrN3O/c1-10-6-14(15-7-11(2)24-21(26)17(15)9-23)12(3)19-16-8-13(22)4-5-18(16)25-20(10)19/h4-8,25H,1-3H3,(H,24,26). The molecule has 0 atom stereocenters. The van der Waals surface area contributed by atoms with Crippen molar-refractivity contribution in [2.45, 2.75) is 20.8 Å². The van der Waals surface area contributed by atoms with Crippen LogP contribution in [0.15, 0.2) is 39.6 Å². The van der Waals surface area contributed by atoms with Gasteiger partial charge in [-0.1, -0.05) is 15.9 Å². The lowest BCUT2D eigenvalue weighted by molar-refractivity contribution is 1.13. The SMILES string of the molecule is Cc1cc(-c2cc(C)c3[nH]c4ccc(Br)cc4c3c2C)c(C#N)c(=O)[nH]1. The van der Waals surface area contributed by atoms with Crippen molar-refractivity contribution in [3.63, 3.8) is 0 Å². The molecule has 4 aromatic rings. The molecular formula is C21H16BrN3O. The van der Waals surface area contributed by atoms with Gasteiger partial charge in [-0.25, -0.2) is 0 Å². The first-order chi connectivity index (χ1) is 12.4. The van der Waals surface area contributed by atoms with Gasteiger partial charge in [0.05, 0.1) is 0 Å². The number of benzene rings is 2. The van der Waals surface area contributed by atoms with Crippen LogP contribution in [0.3, 0.4) is 0 Å². The Bertz CT molecular complexity index is 1310. The molecule has 0 aliphatic rings. The average molecular weight is 406 g/mol. The molecular weight excluding hydrogens is 390 g/mol. The second kappa shape index (κ2) is 5.86. The van der Waals surface area contributed by atoms with E-state index in [2.05, 4.69) is 50.2 Å². The Labute approximate surface area is 158 Å². The average Bonchev–Trinajstić information content (AvgIpc) is 2.97. The summed E-state index contributed by atoms with van der Waals surface area (Å²) in [6.45, 7) is 5.92. The van der Waals surface area contributed by atoms with E-state index in [1.165, 1.54) is 0 Å². The molecule has 2 aromatic heterocycles. The lowest BCUT2D eigenvalue weighted by Gasteiger charge is -2.12. The summed E-state index contributed by atoms with van der Waals surface area (Å²) in [4.78, 5) is 18.4. The van der Waals surface area contributed by atoms with E-state index in [9.17, 15) is 10.1 Å². The largest absolute Gasteiger partial charge is 0.354 e. The van der Waals surface area contributed by atoms with Gasteiger partial charge in [-0.15, -0.1) is 0 Å². The molecule has 0 saturated carbocycles. The molecule has 4 rings (SSSR count). The van der Waals surface area contributed by atoms with Crippen LogP contribution >= 0.6 is 15.9 Å². The van der Waals surface area contributed by atoms with Crippen molar-refractivity contribution in [2.24, 2.45) is 0 Å². The summed E-state index contributed by atoms with van der Waals surface area (Å²) < 4.78 is 1.01. The number of H-pyrrole nitrogens is 2. The van der Waals surface area contributed by atoms with Crippen molar-refractivity contribution < 1.29 is 0 Å². The summed E-state index contributed by atoms with van der Waals surface area (Å²) in [6.07, 6.45) is 0. The molecule has 0 aliphatic carbocycles. The van der Waals surface area contributed by atoms with Crippen molar-refractivity contribution in [1.29, 1.82) is 5.26 Å². The first-order valence-corrected chi connectivity index (χ1v) is 9.05. The zero-order valence-electron chi connectivity index (χ0n) is 14.6. The van der Waals surface area contributed by atoms with Crippen LogP contribution in [0.5, 0.6) is 0 Å². The monoisotopic (exact) mass is 405 g/mol. The third kappa shape index (κ3) is 2.38. The van der Waals surface area contributed by atoms with Crippen LogP contribution in [-0.2, 0) is 0 Å². The molecule has 26 heavy (non-hydrogen) atoms. The van der Waals surface area contributed by atoms with Crippen LogP contribution in [0.25, 0.3) is 32.9 Å². The van der Waals surface area contributed by atoms with Gasteiger partial charge in [0, 0.05) is 37.5 Å². The number of aromatic amines is 2. The highest BCUT2D eigenvalue weighted by molar-refractivity contribution is 9.10. The Balaban J connectivity index is 2.18. The van der Waals surface area contributed by atoms with Gasteiger partial charge in [0.1, 0.15) is 11.6 Å². The fourth-order valence-electron chi connectivity index (χ4n) is 3.67. The number of nitriles is 1. The van der Waals surface area contributed by atoms with Crippen LogP contribution in [-0.4, -0.2) is 9.97 Å². The normalized spacial score (nSPS) is 11.2. The number of aromatic nitrogens is 2. The number of hydrogen-bond donors (Lipinski definition) is 2. The number of hydrogen-bond acceptors (Lipinski definition) is 2. The van der Waals surface area contributed by atoms with Gasteiger partial charge >= 0.3 is 0 Å². The van der Waals surface area contributed by atoms with E-state index in [-0.39, 0.29) is 11.1 Å². The lowest BCUT2D eigenvalue weighted by atomic mass is 9.92. The molecule has 2 heterocycles. The Kier molecular flexibility index (Phi) is 3.74. The highest BCUT2D eigenvalue weighted by Gasteiger charge is 2.17. The van der Waals surface area contributed by atoms with Crippen LogP contribution in [0.4, 0.5) is 0 Å². The van der Waals surface area contributed by atoms with Crippen molar-refractivity contribution in [3.05, 3.63) is 67.5 Å². The molecule has 4 nitrogen and oxygen atoms in total. The maximum atomic E-state index is 12.2. The van der Waals surface area contributed by atoms with Gasteiger partial charge in [0.2, 0.25) is 0 Å². The van der Waals surface area contributed by atoms with E-state index in [4.69, 9.17) is 0 Å². The molecule has 0 fully saturated rings. The van der Waals surface area contributed by atoms with Gasteiger partial charge < -0.3 is 9.97 Å². The molecule has 2 N–H and O–H groups in total. The Morgan fingerprint density at radius 2 is 1.81 bits per heavy atom. The van der Waals surface area contributed by atoms with Gasteiger partial charge in [-0.3, -0.25) is 4.79 Å². The number of rotatable bonds is 1. The molecule has 5 heteroatoms. The molecule has 0 unspecified atom stereocenters. The number of nitrogens with one attached hydrogen (secondary N) is 2. The predicted octanol–water partition coefficient (Wildman–Crippen LogP) is 5.24. The van der Waals surface area contributed by atoms with E-state index >= 15 is 0 Å². The van der Waals surface area contributed by atoms with Crippen LogP contribution < -0.4 is 5.56 Å². The summed E-state index contributed by atoms with van der Waals surface area (Å²) in [5.41, 5.74) is 6.42. The van der Waals surface area contributed by atoms with E-state index < -0.39 is 0 Å². The van der Waals surface area contributed by atoms with Crippen LogP contribution in [0, 0.1) is 32.1 Å². The molecule has 0 saturated heterocycles. The third-order valence-electron chi connectivity index (χ3n) is 4.86. The van der Waals surface area contributed by atoms with Gasteiger partial charge in [-0.05, 0) is 67.8 Å². The fourth-order valence-corrected chi connectivity index (χ4v) is 4.03. The zero-order valence-corrected chi connectivity index (χ0v) is 16.2. The number of nitrogens with zero attached hydrogens (tertiary/aromatic N) is 1. The first-order valence-electron chi connectivity index (χ1n) is 8.26. The minimum Gasteiger partial charge on any atom is -0.354 e. The molecule has 0 radical (unpaired) electrons. The lowest BCUT2D eigenvalue weighted by Crippen LogP contribution is -2.13. The van der Waals surface area contributed by atoms with Crippen molar-refractivity contribution in [3.8, 4) is 17.2 Å². The van der Waals surface area contributed by atoms with Crippen LogP contribution in [0.2, 0.25) is 0 Å². The van der Waals surface area contributed by atoms with Crippen molar-refractivity contribution in [1.82, 2.24) is 9.97 Å². The quantitative estimate of drug-likeness (QED) is 0.454. The minimum absolute atomic E-state index is 0.151. The summed E-state index contributed by atoms with van der Waals surface area (Å²) in [5.74, 6) is 0. The van der Waals surface area contributed by atoms with Crippen LogP contribution in [0.1, 0.15) is 22.4 Å². The molecule has 0 amide bonds. The van der Waals surface area contributed by atoms with E-state index in [0.717, 1.165) is 48.7 Å².